The summed E-state index contributed by atoms with van der Waals surface area (Å²) >= 11 is 1.09. The fourth-order valence-electron chi connectivity index (χ4n) is 0.337. The molecule has 0 bridgehead atoms. The largest absolute Gasteiger partial charge is 0.464 e. The minimum absolute atomic E-state index is 0.264. The van der Waals surface area contributed by atoms with Gasteiger partial charge in [0.05, 0.1) is 5.55 Å². The Morgan fingerprint density at radius 3 is 3.00 bits per heavy atom. The molecule has 0 saturated heterocycles. The van der Waals surface area contributed by atoms with Crippen LogP contribution in [0.1, 0.15) is 0 Å². The van der Waals surface area contributed by atoms with E-state index in [1.807, 2.05) is 0 Å². The smallest absolute Gasteiger partial charge is 0.419 e. The first-order chi connectivity index (χ1) is 3.80. The number of hydrogen-bond donors (Lipinski definition) is 1. The summed E-state index contributed by atoms with van der Waals surface area (Å²) in [6.07, 6.45) is -0.938. The van der Waals surface area contributed by atoms with E-state index < -0.39 is 6.09 Å². The van der Waals surface area contributed by atoms with Crippen LogP contribution in [0.2, 0.25) is 0 Å². The minimum atomic E-state index is -0.938. The fourth-order valence-corrected chi connectivity index (χ4v) is 0.807. The average molecular weight is 132 g/mol. The lowest BCUT2D eigenvalue weighted by atomic mass is 11.0. The molecule has 0 saturated carbocycles. The van der Waals surface area contributed by atoms with Crippen molar-refractivity contribution in [3.63, 3.8) is 0 Å². The van der Waals surface area contributed by atoms with Crippen molar-refractivity contribution >= 4 is 23.6 Å². The van der Waals surface area contributed by atoms with Crippen molar-refractivity contribution in [1.82, 2.24) is 4.31 Å². The average Bonchev–Trinajstić information content (AvgIpc) is 2.12. The van der Waals surface area contributed by atoms with Crippen molar-refractivity contribution in [2.45, 2.75) is 0 Å². The van der Waals surface area contributed by atoms with E-state index >= 15 is 0 Å². The lowest BCUT2D eigenvalue weighted by molar-refractivity contribution is 0.177. The zero-order valence-corrected chi connectivity index (χ0v) is 4.76. The van der Waals surface area contributed by atoms with Crippen LogP contribution < -0.4 is 0 Å². The molecular weight excluding hydrogens is 128 g/mol. The quantitative estimate of drug-likeness (QED) is 0.491. The Hall–Kier alpha value is -0.710. The van der Waals surface area contributed by atoms with Crippen molar-refractivity contribution in [2.75, 3.05) is 6.67 Å². The van der Waals surface area contributed by atoms with Gasteiger partial charge >= 0.3 is 6.09 Å². The van der Waals surface area contributed by atoms with Gasteiger partial charge in [0.1, 0.15) is 6.67 Å². The highest BCUT2D eigenvalue weighted by atomic mass is 32.2. The number of amides is 1. The molecule has 0 radical (unpaired) electrons. The summed E-state index contributed by atoms with van der Waals surface area (Å²) in [6, 6.07) is 0. The second-order valence-corrected chi connectivity index (χ2v) is 2.06. The van der Waals surface area contributed by atoms with Crippen molar-refractivity contribution in [3.8, 4) is 0 Å². The van der Waals surface area contributed by atoms with Gasteiger partial charge in [0.2, 0.25) is 0 Å². The molecule has 1 aliphatic rings. The third kappa shape index (κ3) is 0.919. The standard InChI is InChI=1S/C3H4N2O2S/c6-3(7)5-1-4-2-8-5/h2H,1H2,(H,6,7). The Labute approximate surface area is 50.3 Å². The van der Waals surface area contributed by atoms with Crippen LogP contribution in [0.15, 0.2) is 4.99 Å². The molecule has 0 aromatic heterocycles. The van der Waals surface area contributed by atoms with Crippen LogP contribution >= 0.6 is 11.9 Å². The van der Waals surface area contributed by atoms with E-state index in [9.17, 15) is 4.79 Å². The maximum atomic E-state index is 10.0. The lowest BCUT2D eigenvalue weighted by Gasteiger charge is -2.03. The summed E-state index contributed by atoms with van der Waals surface area (Å²) in [5.74, 6) is 0. The topological polar surface area (TPSA) is 52.9 Å². The van der Waals surface area contributed by atoms with Gasteiger partial charge in [-0.3, -0.25) is 4.99 Å². The van der Waals surface area contributed by atoms with Gasteiger partial charge in [-0.2, -0.15) is 0 Å². The molecule has 0 fully saturated rings. The molecule has 8 heavy (non-hydrogen) atoms. The van der Waals surface area contributed by atoms with Gasteiger partial charge in [-0.1, -0.05) is 0 Å². The van der Waals surface area contributed by atoms with Crippen LogP contribution in [0.5, 0.6) is 0 Å². The third-order valence-corrected chi connectivity index (χ3v) is 1.44. The number of carbonyl (C=O) groups is 1. The van der Waals surface area contributed by atoms with E-state index in [-0.39, 0.29) is 6.67 Å². The molecule has 5 heteroatoms. The van der Waals surface area contributed by atoms with Crippen LogP contribution in [0.25, 0.3) is 0 Å². The monoisotopic (exact) mass is 132 g/mol. The Bertz CT molecular complexity index is 127. The predicted octanol–water partition coefficient (Wildman–Crippen LogP) is 0.614. The van der Waals surface area contributed by atoms with E-state index in [2.05, 4.69) is 4.99 Å². The van der Waals surface area contributed by atoms with Crippen LogP contribution in [-0.2, 0) is 0 Å². The minimum Gasteiger partial charge on any atom is -0.464 e. The summed E-state index contributed by atoms with van der Waals surface area (Å²) in [7, 11) is 0. The normalized spacial score (nSPS) is 17.2. The zero-order valence-electron chi connectivity index (χ0n) is 3.94. The molecular formula is C3H4N2O2S. The number of aliphatic imine (C=N–C) groups is 1. The zero-order chi connectivity index (χ0) is 5.98. The highest BCUT2D eigenvalue weighted by Crippen LogP contribution is 2.11. The molecule has 0 aromatic rings. The van der Waals surface area contributed by atoms with Crippen LogP contribution in [0.3, 0.4) is 0 Å². The molecule has 1 rings (SSSR count). The van der Waals surface area contributed by atoms with Crippen molar-refractivity contribution in [2.24, 2.45) is 4.99 Å². The first kappa shape index (κ1) is 5.43. The van der Waals surface area contributed by atoms with Crippen molar-refractivity contribution in [1.29, 1.82) is 0 Å². The molecule has 4 nitrogen and oxygen atoms in total. The molecule has 1 aliphatic heterocycles. The van der Waals surface area contributed by atoms with Gasteiger partial charge in [0, 0.05) is 11.9 Å². The molecule has 0 unspecified atom stereocenters. The fraction of sp³-hybridized carbons (Fsp3) is 0.333. The van der Waals surface area contributed by atoms with Gasteiger partial charge < -0.3 is 5.11 Å². The molecule has 1 N–H and O–H groups in total. The van der Waals surface area contributed by atoms with Gasteiger partial charge in [0.15, 0.2) is 0 Å². The van der Waals surface area contributed by atoms with Crippen LogP contribution in [-0.4, -0.2) is 27.7 Å². The Kier molecular flexibility index (Phi) is 1.38. The van der Waals surface area contributed by atoms with Crippen molar-refractivity contribution < 1.29 is 9.90 Å². The summed E-state index contributed by atoms with van der Waals surface area (Å²) in [5, 5.41) is 8.24. The highest BCUT2D eigenvalue weighted by molar-refractivity contribution is 8.10. The second kappa shape index (κ2) is 2.04. The maximum Gasteiger partial charge on any atom is 0.419 e. The number of carboxylic acid groups (broad SMARTS) is 1. The molecule has 1 heterocycles. The van der Waals surface area contributed by atoms with E-state index in [0.717, 1.165) is 16.3 Å². The van der Waals surface area contributed by atoms with E-state index in [0.29, 0.717) is 0 Å². The third-order valence-electron chi connectivity index (χ3n) is 0.672. The summed E-state index contributed by atoms with van der Waals surface area (Å²) in [6.45, 7) is 0.264. The molecule has 0 aromatic carbocycles. The second-order valence-electron chi connectivity index (χ2n) is 1.20. The van der Waals surface area contributed by atoms with Gasteiger partial charge in [0.25, 0.3) is 0 Å². The molecule has 1 amide bonds. The van der Waals surface area contributed by atoms with Crippen molar-refractivity contribution in [3.05, 3.63) is 0 Å². The van der Waals surface area contributed by atoms with E-state index in [1.165, 1.54) is 5.55 Å². The van der Waals surface area contributed by atoms with Crippen LogP contribution in [0, 0.1) is 0 Å². The van der Waals surface area contributed by atoms with Gasteiger partial charge in [-0.05, 0) is 0 Å². The molecule has 0 spiro atoms. The van der Waals surface area contributed by atoms with Crippen LogP contribution in [0.4, 0.5) is 4.79 Å². The van der Waals surface area contributed by atoms with Gasteiger partial charge in [-0.25, -0.2) is 9.10 Å². The predicted molar refractivity (Wildman–Crippen MR) is 30.8 cm³/mol. The Morgan fingerprint density at radius 2 is 2.75 bits per heavy atom. The maximum absolute atomic E-state index is 10.0. The number of rotatable bonds is 0. The Morgan fingerprint density at radius 1 is 2.00 bits per heavy atom. The lowest BCUT2D eigenvalue weighted by Crippen LogP contribution is -2.18. The Balaban J connectivity index is 2.41. The van der Waals surface area contributed by atoms with E-state index in [4.69, 9.17) is 5.11 Å². The summed E-state index contributed by atoms with van der Waals surface area (Å²) in [4.78, 5) is 13.7. The first-order valence-electron chi connectivity index (χ1n) is 1.96. The molecule has 0 aliphatic carbocycles. The number of nitrogens with zero attached hydrogens (tertiary/aromatic N) is 2. The van der Waals surface area contributed by atoms with Gasteiger partial charge in [-0.15, -0.1) is 0 Å². The number of hydrogen-bond acceptors (Lipinski definition) is 3. The SMILES string of the molecule is O=C(O)N1CN=CS1. The summed E-state index contributed by atoms with van der Waals surface area (Å²) < 4.78 is 1.14. The first-order valence-corrected chi connectivity index (χ1v) is 2.80. The molecule has 44 valence electrons. The molecule has 0 atom stereocenters. The van der Waals surface area contributed by atoms with E-state index in [1.54, 1.807) is 0 Å². The summed E-state index contributed by atoms with van der Waals surface area (Å²) in [5.41, 5.74) is 1.51. The highest BCUT2D eigenvalue weighted by Gasteiger charge is 2.13.